The van der Waals surface area contributed by atoms with Gasteiger partial charge < -0.3 is 14.5 Å². The van der Waals surface area contributed by atoms with Gasteiger partial charge >= 0.3 is 0 Å². The molecule has 3 aromatic heterocycles. The van der Waals surface area contributed by atoms with Crippen LogP contribution in [0.4, 0.5) is 11.4 Å². The van der Waals surface area contributed by atoms with Crippen LogP contribution in [0.1, 0.15) is 26.3 Å². The highest BCUT2D eigenvalue weighted by Crippen LogP contribution is 2.48. The number of thiophene rings is 2. The number of pyridine rings is 1. The third-order valence-electron chi connectivity index (χ3n) is 10.6. The minimum atomic E-state index is 0.00975. The molecule has 6 heteroatoms. The Labute approximate surface area is 335 Å². The lowest BCUT2D eigenvalue weighted by atomic mass is 9.86. The Kier molecular flexibility index (Phi) is 8.46. The van der Waals surface area contributed by atoms with Crippen LogP contribution in [-0.4, -0.2) is 11.7 Å². The van der Waals surface area contributed by atoms with E-state index in [-0.39, 0.29) is 5.41 Å². The average Bonchev–Trinajstić information content (AvgIpc) is 3.97. The van der Waals surface area contributed by atoms with E-state index in [4.69, 9.17) is 9.72 Å². The van der Waals surface area contributed by atoms with Gasteiger partial charge in [0.15, 0.2) is 5.06 Å². The smallest absolute Gasteiger partial charge is 0.182 e. The molecular weight excluding hydrogens is 723 g/mol. The van der Waals surface area contributed by atoms with Gasteiger partial charge in [-0.2, -0.15) is 0 Å². The molecule has 56 heavy (non-hydrogen) atoms. The van der Waals surface area contributed by atoms with Crippen molar-refractivity contribution in [2.75, 3.05) is 16.5 Å². The lowest BCUT2D eigenvalue weighted by Crippen LogP contribution is -2.25. The van der Waals surface area contributed by atoms with Gasteiger partial charge in [-0.05, 0) is 58.5 Å². The van der Waals surface area contributed by atoms with Gasteiger partial charge in [-0.15, -0.1) is 11.3 Å². The number of anilines is 2. The topological polar surface area (TPSA) is 28.6 Å². The zero-order valence-corrected chi connectivity index (χ0v) is 33.1. The van der Waals surface area contributed by atoms with Crippen LogP contribution in [0.25, 0.3) is 63.8 Å². The first-order valence-corrected chi connectivity index (χ1v) is 20.6. The van der Waals surface area contributed by atoms with E-state index in [0.717, 1.165) is 22.2 Å². The summed E-state index contributed by atoms with van der Waals surface area (Å²) in [6, 6.07) is 54.0. The maximum absolute atomic E-state index is 6.73. The van der Waals surface area contributed by atoms with Crippen LogP contribution in [0, 0.1) is 0 Å². The SMILES string of the molecule is CC(C)(C)c1ccnc(-c2c3cc(Oc4cccc(N5C=CN(c6c(-c7ccccc7)cccc6-c6ccccc6)C5)c4)sc3cc3c2sc2ccccc23)c1. The van der Waals surface area contributed by atoms with Gasteiger partial charge in [-0.3, -0.25) is 4.98 Å². The van der Waals surface area contributed by atoms with Gasteiger partial charge in [0.25, 0.3) is 0 Å². The summed E-state index contributed by atoms with van der Waals surface area (Å²) in [7, 11) is 0. The zero-order chi connectivity index (χ0) is 37.8. The molecule has 0 saturated carbocycles. The fraction of sp³-hybridized carbons (Fsp3) is 0.100. The Morgan fingerprint density at radius 1 is 0.589 bits per heavy atom. The molecule has 0 fully saturated rings. The molecule has 0 bridgehead atoms. The number of benzene rings is 6. The van der Waals surface area contributed by atoms with E-state index in [0.29, 0.717) is 6.67 Å². The van der Waals surface area contributed by atoms with E-state index >= 15 is 0 Å². The van der Waals surface area contributed by atoms with Crippen molar-refractivity contribution < 1.29 is 4.74 Å². The summed E-state index contributed by atoms with van der Waals surface area (Å²) < 4.78 is 10.5. The van der Waals surface area contributed by atoms with E-state index in [1.165, 1.54) is 69.3 Å². The highest BCUT2D eigenvalue weighted by molar-refractivity contribution is 7.27. The molecule has 4 nitrogen and oxygen atoms in total. The molecule has 0 spiro atoms. The predicted octanol–water partition coefficient (Wildman–Crippen LogP) is 14.5. The lowest BCUT2D eigenvalue weighted by Gasteiger charge is -2.26. The minimum Gasteiger partial charge on any atom is -0.447 e. The van der Waals surface area contributed by atoms with Crippen LogP contribution in [0.3, 0.4) is 0 Å². The lowest BCUT2D eigenvalue weighted by molar-refractivity contribution is 0.497. The molecule has 4 heterocycles. The Bertz CT molecular complexity index is 2860. The summed E-state index contributed by atoms with van der Waals surface area (Å²) in [6.45, 7) is 7.44. The molecule has 0 N–H and O–H groups in total. The molecule has 10 rings (SSSR count). The fourth-order valence-electron chi connectivity index (χ4n) is 7.80. The minimum absolute atomic E-state index is 0.00975. The van der Waals surface area contributed by atoms with Crippen LogP contribution in [0.2, 0.25) is 0 Å². The van der Waals surface area contributed by atoms with E-state index in [1.807, 2.05) is 23.6 Å². The van der Waals surface area contributed by atoms with Gasteiger partial charge in [0, 0.05) is 83.4 Å². The number of ether oxygens (including phenoxy) is 1. The molecule has 272 valence electrons. The number of fused-ring (bicyclic) bond motifs is 4. The quantitative estimate of drug-likeness (QED) is 0.162. The van der Waals surface area contributed by atoms with E-state index in [2.05, 4.69) is 189 Å². The Morgan fingerprint density at radius 2 is 1.29 bits per heavy atom. The second-order valence-corrected chi connectivity index (χ2v) is 17.4. The molecule has 0 radical (unpaired) electrons. The molecule has 9 aromatic rings. The molecule has 0 aliphatic carbocycles. The molecular formula is C50H39N3OS2. The van der Waals surface area contributed by atoms with Crippen molar-refractivity contribution in [2.45, 2.75) is 26.2 Å². The molecule has 1 aliphatic heterocycles. The number of rotatable bonds is 7. The monoisotopic (exact) mass is 761 g/mol. The molecule has 0 amide bonds. The summed E-state index contributed by atoms with van der Waals surface area (Å²) in [5.74, 6) is 0.803. The summed E-state index contributed by atoms with van der Waals surface area (Å²) in [5.41, 5.74) is 10.5. The van der Waals surface area contributed by atoms with Gasteiger partial charge in [0.05, 0.1) is 18.1 Å². The predicted molar refractivity (Wildman–Crippen MR) is 239 cm³/mol. The number of nitrogens with zero attached hydrogens (tertiary/aromatic N) is 3. The molecule has 0 unspecified atom stereocenters. The van der Waals surface area contributed by atoms with E-state index in [1.54, 1.807) is 11.3 Å². The third-order valence-corrected chi connectivity index (χ3v) is 12.8. The maximum atomic E-state index is 6.73. The first-order valence-electron chi connectivity index (χ1n) is 19.0. The highest BCUT2D eigenvalue weighted by Gasteiger charge is 2.24. The molecule has 6 aromatic carbocycles. The Morgan fingerprint density at radius 3 is 2.04 bits per heavy atom. The summed E-state index contributed by atoms with van der Waals surface area (Å²) in [5, 5.41) is 4.57. The summed E-state index contributed by atoms with van der Waals surface area (Å²) >= 11 is 3.54. The van der Waals surface area contributed by atoms with Gasteiger partial charge in [0.1, 0.15) is 5.75 Å². The highest BCUT2D eigenvalue weighted by atomic mass is 32.1. The second kappa shape index (κ2) is 13.8. The maximum Gasteiger partial charge on any atom is 0.182 e. The van der Waals surface area contributed by atoms with Crippen molar-refractivity contribution in [2.24, 2.45) is 0 Å². The molecule has 0 saturated heterocycles. The largest absolute Gasteiger partial charge is 0.447 e. The third kappa shape index (κ3) is 6.21. The van der Waals surface area contributed by atoms with E-state index in [9.17, 15) is 0 Å². The van der Waals surface area contributed by atoms with Crippen molar-refractivity contribution in [3.63, 3.8) is 0 Å². The van der Waals surface area contributed by atoms with Crippen molar-refractivity contribution >= 4 is 64.3 Å². The fourth-order valence-corrected chi connectivity index (χ4v) is 10.0. The molecule has 0 atom stereocenters. The first kappa shape index (κ1) is 34.3. The van der Waals surface area contributed by atoms with Gasteiger partial charge in [-0.1, -0.05) is 135 Å². The van der Waals surface area contributed by atoms with Crippen LogP contribution in [0.5, 0.6) is 10.8 Å². The Balaban J connectivity index is 0.993. The number of para-hydroxylation sites is 1. The second-order valence-electron chi connectivity index (χ2n) is 15.3. The van der Waals surface area contributed by atoms with Crippen LogP contribution in [0.15, 0.2) is 170 Å². The van der Waals surface area contributed by atoms with Crippen molar-refractivity contribution in [1.82, 2.24) is 4.98 Å². The van der Waals surface area contributed by atoms with Gasteiger partial charge in [0.2, 0.25) is 0 Å². The van der Waals surface area contributed by atoms with Crippen LogP contribution < -0.4 is 14.5 Å². The molecule has 1 aliphatic rings. The van der Waals surface area contributed by atoms with E-state index < -0.39 is 0 Å². The van der Waals surface area contributed by atoms with Crippen molar-refractivity contribution in [3.05, 3.63) is 176 Å². The average molecular weight is 762 g/mol. The van der Waals surface area contributed by atoms with Crippen LogP contribution >= 0.6 is 22.7 Å². The number of hydrogen-bond acceptors (Lipinski definition) is 6. The van der Waals surface area contributed by atoms with Crippen molar-refractivity contribution in [1.29, 1.82) is 0 Å². The summed E-state index contributed by atoms with van der Waals surface area (Å²) in [6.07, 6.45) is 6.31. The zero-order valence-electron chi connectivity index (χ0n) is 31.4. The van der Waals surface area contributed by atoms with Gasteiger partial charge in [-0.25, -0.2) is 0 Å². The summed E-state index contributed by atoms with van der Waals surface area (Å²) in [4.78, 5) is 9.60. The van der Waals surface area contributed by atoms with Crippen molar-refractivity contribution in [3.8, 4) is 44.3 Å². The first-order chi connectivity index (χ1) is 27.4. The Hall–Kier alpha value is -6.21. The normalized spacial score (nSPS) is 13.1. The standard InChI is InChI=1S/C50H39N3OS2/c1-50(2,3)35-24-25-51-43(28-35)47-42-31-46(55-45(42)30-41-40-20-10-11-23-44(40)56-49(41)47)54-37-19-12-18-36(29-37)52-26-27-53(32-52)48-38(33-14-6-4-7-15-33)21-13-22-39(48)34-16-8-5-9-17-34/h4-31H,32H2,1-3H3. The number of hydrogen-bond donors (Lipinski definition) is 0. The number of aromatic nitrogens is 1. The van der Waals surface area contributed by atoms with Crippen LogP contribution in [-0.2, 0) is 5.41 Å².